The molecule has 5 aliphatic rings. The summed E-state index contributed by atoms with van der Waals surface area (Å²) in [5.74, 6) is 5.96. The lowest BCUT2D eigenvalue weighted by Crippen LogP contribution is -2.32. The number of thiophene rings is 1. The van der Waals surface area contributed by atoms with Gasteiger partial charge in [0.25, 0.3) is 0 Å². The van der Waals surface area contributed by atoms with Crippen LogP contribution >= 0.6 is 11.3 Å². The zero-order chi connectivity index (χ0) is 103. The van der Waals surface area contributed by atoms with E-state index in [1.807, 2.05) is 213 Å². The number of benzene rings is 5. The van der Waals surface area contributed by atoms with E-state index in [1.165, 1.54) is 105 Å². The number of Topliss-reactive ketones (excluding diaryl/α,β-unsaturated/α-hetero) is 7. The highest BCUT2D eigenvalue weighted by atomic mass is 32.1. The second kappa shape index (κ2) is 55.9. The number of ketones is 7. The van der Waals surface area contributed by atoms with Gasteiger partial charge >= 0.3 is 0 Å². The number of rotatable bonds is 10. The molecule has 0 unspecified atom stereocenters. The Morgan fingerprint density at radius 3 is 0.925 bits per heavy atom. The van der Waals surface area contributed by atoms with Crippen LogP contribution in [0.1, 0.15) is 439 Å². The predicted molar refractivity (Wildman–Crippen MR) is 581 cm³/mol. The van der Waals surface area contributed by atoms with Gasteiger partial charge < -0.3 is 4.74 Å². The molecule has 0 atom stereocenters. The molecular formula is C124H197NO8S. The fourth-order valence-corrected chi connectivity index (χ4v) is 16.0. The summed E-state index contributed by atoms with van der Waals surface area (Å²) < 4.78 is 5.83. The third-order valence-corrected chi connectivity index (χ3v) is 25.0. The van der Waals surface area contributed by atoms with E-state index >= 15 is 0 Å². The number of pyridine rings is 1. The number of aryl methyl sites for hydroxylation is 4. The van der Waals surface area contributed by atoms with Gasteiger partial charge in [0.1, 0.15) is 47.1 Å². The zero-order valence-corrected chi connectivity index (χ0v) is 93.5. The van der Waals surface area contributed by atoms with Crippen molar-refractivity contribution in [3.63, 3.8) is 0 Å². The zero-order valence-electron chi connectivity index (χ0n) is 92.7. The van der Waals surface area contributed by atoms with Crippen LogP contribution in [0.25, 0.3) is 0 Å². The summed E-state index contributed by atoms with van der Waals surface area (Å²) in [7, 11) is 0. The summed E-state index contributed by atoms with van der Waals surface area (Å²) in [6.45, 7) is 88.2. The summed E-state index contributed by atoms with van der Waals surface area (Å²) in [5, 5.41) is 1.93. The number of hydrogen-bond acceptors (Lipinski definition) is 10. The number of hydrogen-bond donors (Lipinski definition) is 0. The molecule has 134 heavy (non-hydrogen) atoms. The lowest BCUT2D eigenvalue weighted by atomic mass is 9.73. The van der Waals surface area contributed by atoms with Gasteiger partial charge in [0.2, 0.25) is 0 Å². The molecule has 5 fully saturated rings. The van der Waals surface area contributed by atoms with E-state index in [1.54, 1.807) is 0 Å². The predicted octanol–water partition coefficient (Wildman–Crippen LogP) is 35.4. The Kier molecular flexibility index (Phi) is 52.7. The minimum absolute atomic E-state index is 0. The molecule has 0 spiro atoms. The molecule has 2 aromatic heterocycles. The number of carbonyl (C=O) groups excluding carboxylic acids is 7. The van der Waals surface area contributed by atoms with E-state index in [9.17, 15) is 33.6 Å². The first-order valence-electron chi connectivity index (χ1n) is 50.3. The third kappa shape index (κ3) is 51.2. The number of aromatic nitrogens is 1. The lowest BCUT2D eigenvalue weighted by Gasteiger charge is -2.30. The van der Waals surface area contributed by atoms with Crippen molar-refractivity contribution in [2.24, 2.45) is 73.4 Å². The minimum Gasteiger partial charge on any atom is -0.489 e. The first kappa shape index (κ1) is 126. The van der Waals surface area contributed by atoms with Crippen molar-refractivity contribution in [1.29, 1.82) is 0 Å². The Hall–Kier alpha value is -7.56. The average molecular weight is 1860 g/mol. The van der Waals surface area contributed by atoms with Gasteiger partial charge in [-0.2, -0.15) is 0 Å². The number of ether oxygens (including phenoxy) is 1. The highest BCUT2D eigenvalue weighted by molar-refractivity contribution is 7.12. The molecule has 0 radical (unpaired) electrons. The molecule has 5 aromatic carbocycles. The monoisotopic (exact) mass is 1860 g/mol. The Labute approximate surface area is 827 Å². The Balaban J connectivity index is 0.00000145. The molecule has 752 valence electrons. The molecule has 9 nitrogen and oxygen atoms in total. The van der Waals surface area contributed by atoms with Crippen LogP contribution in [-0.2, 0) is 62.4 Å². The number of nitrogens with zero attached hydrogens (tertiary/aromatic N) is 1. The summed E-state index contributed by atoms with van der Waals surface area (Å²) in [4.78, 5) is 85.2. The van der Waals surface area contributed by atoms with E-state index < -0.39 is 0 Å². The molecule has 5 saturated carbocycles. The van der Waals surface area contributed by atoms with Crippen LogP contribution in [0, 0.1) is 101 Å². The van der Waals surface area contributed by atoms with Crippen LogP contribution in [0.3, 0.4) is 0 Å². The Morgan fingerprint density at radius 1 is 0.321 bits per heavy atom. The van der Waals surface area contributed by atoms with E-state index in [4.69, 9.17) is 4.74 Å². The molecule has 0 amide bonds. The first-order valence-corrected chi connectivity index (χ1v) is 51.1. The van der Waals surface area contributed by atoms with Gasteiger partial charge in [-0.05, 0) is 187 Å². The molecule has 0 aliphatic heterocycles. The van der Waals surface area contributed by atoms with Crippen molar-refractivity contribution in [3.8, 4) is 5.75 Å². The van der Waals surface area contributed by atoms with Crippen molar-refractivity contribution in [1.82, 2.24) is 4.98 Å². The van der Waals surface area contributed by atoms with Crippen LogP contribution in [0.5, 0.6) is 5.75 Å². The van der Waals surface area contributed by atoms with Crippen LogP contribution in [-0.4, -0.2) is 45.5 Å². The van der Waals surface area contributed by atoms with Crippen molar-refractivity contribution < 1.29 is 38.3 Å². The Morgan fingerprint density at radius 2 is 0.664 bits per heavy atom. The molecule has 7 aromatic rings. The molecule has 12 rings (SSSR count). The maximum absolute atomic E-state index is 11.7. The quantitative estimate of drug-likeness (QED) is 0.122. The second-order valence-corrected chi connectivity index (χ2v) is 51.7. The molecule has 0 saturated heterocycles. The maximum Gasteiger partial charge on any atom is 0.178 e. The summed E-state index contributed by atoms with van der Waals surface area (Å²) in [5.41, 5.74) is 13.7. The SMILES string of the molecule is C.CC(C)(C)C(=O)C1CC1.CC(C)(C)C(=O)C1CCC1.CC(C)(C)C(=O)C1CCC1.CC(C)(C)C(=O)C1CCCC1.CC(C)(C)C(=O)C1CCCC1.CC(C)(C)C(=O)c1cccs1.CC(C)(C)c1cccc(OCc2ccccc2)c1.CC(C)(C)c1ccccc1.CC(C)C(=O)C(C)(C)C.Cc1ccc(C(C)(C)C)c(C)c1.Cc1ccc(C(C)(C)C)cc1.Cc1cncc(C(C)(C)C)c1. The summed E-state index contributed by atoms with van der Waals surface area (Å²) in [6, 6.07) is 50.5. The molecule has 0 N–H and O–H groups in total. The van der Waals surface area contributed by atoms with Crippen molar-refractivity contribution in [3.05, 3.63) is 224 Å². The summed E-state index contributed by atoms with van der Waals surface area (Å²) >= 11 is 1.51. The van der Waals surface area contributed by atoms with E-state index in [0.29, 0.717) is 76.3 Å². The topological polar surface area (TPSA) is 142 Å². The fourth-order valence-electron chi connectivity index (χ4n) is 15.2. The van der Waals surface area contributed by atoms with Gasteiger partial charge in [-0.15, -0.1) is 11.3 Å². The Bertz CT molecular complexity index is 4440. The van der Waals surface area contributed by atoms with Crippen molar-refractivity contribution in [2.45, 2.75) is 435 Å². The maximum atomic E-state index is 11.7. The lowest BCUT2D eigenvalue weighted by molar-refractivity contribution is -0.133. The minimum atomic E-state index is -0.245. The van der Waals surface area contributed by atoms with Gasteiger partial charge in [0.05, 0.1) is 4.88 Å². The molecular weight excluding hydrogens is 1660 g/mol. The first-order chi connectivity index (χ1) is 60.5. The normalized spacial score (nSPS) is 14.9. The van der Waals surface area contributed by atoms with Crippen LogP contribution in [0.4, 0.5) is 0 Å². The molecule has 10 heteroatoms. The van der Waals surface area contributed by atoms with E-state index in [-0.39, 0.29) is 78.7 Å². The van der Waals surface area contributed by atoms with Crippen molar-refractivity contribution >= 4 is 51.8 Å². The van der Waals surface area contributed by atoms with Crippen molar-refractivity contribution in [2.75, 3.05) is 0 Å². The van der Waals surface area contributed by atoms with Gasteiger partial charge in [0.15, 0.2) is 5.78 Å². The smallest absolute Gasteiger partial charge is 0.178 e. The molecule has 0 bridgehead atoms. The van der Waals surface area contributed by atoms with E-state index in [2.05, 4.69) is 246 Å². The van der Waals surface area contributed by atoms with Crippen LogP contribution < -0.4 is 4.74 Å². The van der Waals surface area contributed by atoms with Gasteiger partial charge in [-0.1, -0.05) is 448 Å². The standard InChI is InChI=1S/C17H20O.C12H18.C11H16.C10H15N.2C10H18O.C10H14.C9H12OS.2C9H16O.C8H14O.C8H16O.CH4/c1-17(2,3)15-10-7-11-16(12-15)18-13-14-8-5-4-6-9-14;1-9-6-7-11(10(2)8-9)12(3,4)5;1-9-5-7-10(8-6-9)11(2,3)4;1-8-5-9(7-11-6-8)10(2,3)4;2*1-10(2,3)9(11)8-6-4-5-7-8;1-10(2,3)9-7-5-4-6-8-9;1-9(2,3)8(10)7-5-4-6-11-7;2*1-9(2,3)8(10)7-5-4-6-7;1-8(2,3)7(9)6-4-5-6;1-6(2)7(9)8(3,4)5;/h4-12H,13H2,1-3H3;6-8H,1-5H3;5-8H,1-4H3;5-7H,1-4H3;2*8H,4-7H2,1-3H3;4-8H,1-3H3;4-6H,1-3H3;2*7H,4-6H2,1-3H3;6H,4-5H2,1-3H3;6H,1-5H3;1H4. The fraction of sp³-hybridized carbons (Fsp3) is 0.629. The molecule has 5 aliphatic carbocycles. The van der Waals surface area contributed by atoms with E-state index in [0.717, 1.165) is 74.8 Å². The third-order valence-electron chi connectivity index (χ3n) is 24.2. The van der Waals surface area contributed by atoms with Crippen LogP contribution in [0.15, 0.2) is 163 Å². The van der Waals surface area contributed by atoms with Gasteiger partial charge in [0, 0.05) is 85.8 Å². The van der Waals surface area contributed by atoms with Crippen LogP contribution in [0.2, 0.25) is 0 Å². The van der Waals surface area contributed by atoms with Gasteiger partial charge in [-0.3, -0.25) is 38.5 Å². The second-order valence-electron chi connectivity index (χ2n) is 50.7. The largest absolute Gasteiger partial charge is 0.489 e. The summed E-state index contributed by atoms with van der Waals surface area (Å²) in [6.07, 6.45) is 22.7. The van der Waals surface area contributed by atoms with Gasteiger partial charge in [-0.25, -0.2) is 0 Å². The molecule has 2 heterocycles. The number of carbonyl (C=O) groups is 7. The highest BCUT2D eigenvalue weighted by Crippen LogP contribution is 2.39. The highest BCUT2D eigenvalue weighted by Gasteiger charge is 2.38. The average Bonchev–Trinajstić information content (AvgIpc) is 1.21.